The molecule has 0 aromatic carbocycles. The van der Waals surface area contributed by atoms with Gasteiger partial charge in [-0.05, 0) is 29.3 Å². The van der Waals surface area contributed by atoms with Crippen molar-refractivity contribution >= 4 is 26.0 Å². The monoisotopic (exact) mass is 368 g/mol. The highest BCUT2D eigenvalue weighted by Crippen LogP contribution is 2.29. The molecule has 0 amide bonds. The molecule has 0 bridgehead atoms. The lowest BCUT2D eigenvalue weighted by atomic mass is 10.3. The summed E-state index contributed by atoms with van der Waals surface area (Å²) in [7, 11) is -2.10. The summed E-state index contributed by atoms with van der Waals surface area (Å²) in [5.74, 6) is 0.422. The number of hydrogen-bond donors (Lipinski definition) is 1. The minimum Gasteiger partial charge on any atom is -0.452 e. The summed E-state index contributed by atoms with van der Waals surface area (Å²) in [4.78, 5) is 0.106. The van der Waals surface area contributed by atoms with E-state index in [0.717, 1.165) is 0 Å². The molecular weight excluding hydrogens is 348 g/mol. The highest BCUT2D eigenvalue weighted by Gasteiger charge is 2.31. The van der Waals surface area contributed by atoms with Gasteiger partial charge in [-0.15, -0.1) is 0 Å². The summed E-state index contributed by atoms with van der Waals surface area (Å²) < 4.78 is 37.3. The molecule has 1 heterocycles. The van der Waals surface area contributed by atoms with E-state index in [1.54, 1.807) is 7.11 Å². The lowest BCUT2D eigenvalue weighted by Crippen LogP contribution is -2.40. The van der Waals surface area contributed by atoms with Gasteiger partial charge in [-0.3, -0.25) is 0 Å². The Labute approximate surface area is 128 Å². The van der Waals surface area contributed by atoms with Crippen LogP contribution in [0.5, 0.6) is 0 Å². The van der Waals surface area contributed by atoms with Gasteiger partial charge in [-0.2, -0.15) is 4.31 Å². The van der Waals surface area contributed by atoms with E-state index >= 15 is 0 Å². The number of methoxy groups -OCH3 is 1. The number of halogens is 1. The number of hydrogen-bond acceptors (Lipinski definition) is 5. The molecule has 6 nitrogen and oxygen atoms in total. The smallest absolute Gasteiger partial charge is 0.247 e. The van der Waals surface area contributed by atoms with Gasteiger partial charge in [0.05, 0.1) is 13.2 Å². The number of nitrogens with two attached hydrogens (primary N) is 1. The van der Waals surface area contributed by atoms with Crippen molar-refractivity contribution in [2.75, 3.05) is 20.3 Å². The molecule has 0 fully saturated rings. The zero-order chi connectivity index (χ0) is 15.3. The molecule has 1 unspecified atom stereocenters. The van der Waals surface area contributed by atoms with E-state index in [-0.39, 0.29) is 22.2 Å². The van der Waals surface area contributed by atoms with E-state index in [4.69, 9.17) is 14.9 Å². The maximum atomic E-state index is 12.7. The number of sulfonamides is 1. The first-order valence-corrected chi connectivity index (χ1v) is 8.60. The molecule has 1 aromatic rings. The van der Waals surface area contributed by atoms with Crippen LogP contribution in [0, 0.1) is 0 Å². The first kappa shape index (κ1) is 17.6. The molecule has 1 aromatic heterocycles. The molecule has 8 heteroatoms. The van der Waals surface area contributed by atoms with Crippen LogP contribution in [0.2, 0.25) is 0 Å². The summed E-state index contributed by atoms with van der Waals surface area (Å²) in [5, 5.41) is 0. The van der Waals surface area contributed by atoms with Crippen LogP contribution in [0.15, 0.2) is 20.0 Å². The number of ether oxygens (including phenoxy) is 1. The largest absolute Gasteiger partial charge is 0.452 e. The minimum atomic E-state index is -3.65. The maximum Gasteiger partial charge on any atom is 0.247 e. The van der Waals surface area contributed by atoms with Gasteiger partial charge in [0, 0.05) is 25.8 Å². The Morgan fingerprint density at radius 2 is 2.20 bits per heavy atom. The molecule has 116 valence electrons. The second kappa shape index (κ2) is 7.56. The SMILES string of the molecule is CCC(C)N(CCOC)S(=O)(=O)c1cc(CN)oc1Br. The van der Waals surface area contributed by atoms with Gasteiger partial charge < -0.3 is 14.9 Å². The molecule has 1 atom stereocenters. The molecule has 20 heavy (non-hydrogen) atoms. The van der Waals surface area contributed by atoms with Crippen molar-refractivity contribution in [3.63, 3.8) is 0 Å². The first-order valence-electron chi connectivity index (χ1n) is 6.37. The van der Waals surface area contributed by atoms with E-state index in [1.165, 1.54) is 10.4 Å². The van der Waals surface area contributed by atoms with E-state index in [1.807, 2.05) is 13.8 Å². The topological polar surface area (TPSA) is 85.8 Å². The summed E-state index contributed by atoms with van der Waals surface area (Å²) >= 11 is 3.14. The van der Waals surface area contributed by atoms with Crippen molar-refractivity contribution in [1.82, 2.24) is 4.31 Å². The quantitative estimate of drug-likeness (QED) is 0.757. The van der Waals surface area contributed by atoms with Crippen LogP contribution in [0.25, 0.3) is 0 Å². The normalized spacial score (nSPS) is 13.9. The summed E-state index contributed by atoms with van der Waals surface area (Å²) in [5.41, 5.74) is 5.47. The highest BCUT2D eigenvalue weighted by molar-refractivity contribution is 9.10. The van der Waals surface area contributed by atoms with Gasteiger partial charge in [0.15, 0.2) is 4.67 Å². The Kier molecular flexibility index (Phi) is 6.67. The van der Waals surface area contributed by atoms with Gasteiger partial charge in [0.25, 0.3) is 0 Å². The van der Waals surface area contributed by atoms with Crippen LogP contribution < -0.4 is 5.73 Å². The number of furan rings is 1. The molecule has 1 rings (SSSR count). The predicted octanol–water partition coefficient (Wildman–Crippen LogP) is 1.94. The van der Waals surface area contributed by atoms with Gasteiger partial charge in [0.2, 0.25) is 10.0 Å². The number of rotatable bonds is 8. The Morgan fingerprint density at radius 1 is 1.55 bits per heavy atom. The molecular formula is C12H21BrN2O4S. The summed E-state index contributed by atoms with van der Waals surface area (Å²) in [6.07, 6.45) is 0.710. The second-order valence-corrected chi connectivity index (χ2v) is 7.00. The molecule has 0 saturated carbocycles. The molecule has 2 N–H and O–H groups in total. The summed E-state index contributed by atoms with van der Waals surface area (Å²) in [6, 6.07) is 1.33. The van der Waals surface area contributed by atoms with Crippen molar-refractivity contribution in [3.8, 4) is 0 Å². The highest BCUT2D eigenvalue weighted by atomic mass is 79.9. The van der Waals surface area contributed by atoms with Crippen molar-refractivity contribution in [1.29, 1.82) is 0 Å². The summed E-state index contributed by atoms with van der Waals surface area (Å²) in [6.45, 7) is 4.59. The Hall–Kier alpha value is -0.410. The van der Waals surface area contributed by atoms with Crippen LogP contribution in [0.3, 0.4) is 0 Å². The van der Waals surface area contributed by atoms with Crippen molar-refractivity contribution in [2.24, 2.45) is 5.73 Å². The van der Waals surface area contributed by atoms with Crippen LogP contribution >= 0.6 is 15.9 Å². The van der Waals surface area contributed by atoms with Crippen molar-refractivity contribution < 1.29 is 17.6 Å². The van der Waals surface area contributed by atoms with E-state index < -0.39 is 10.0 Å². The van der Waals surface area contributed by atoms with Crippen LogP contribution in [-0.4, -0.2) is 39.0 Å². The maximum absolute atomic E-state index is 12.7. The fourth-order valence-electron chi connectivity index (χ4n) is 1.76. The van der Waals surface area contributed by atoms with E-state index in [2.05, 4.69) is 15.9 Å². The second-order valence-electron chi connectivity index (χ2n) is 4.42. The Bertz CT molecular complexity index is 530. The lowest BCUT2D eigenvalue weighted by Gasteiger charge is -2.26. The third-order valence-corrected chi connectivity index (χ3v) is 5.96. The van der Waals surface area contributed by atoms with E-state index in [0.29, 0.717) is 25.3 Å². The molecule has 0 aliphatic heterocycles. The van der Waals surface area contributed by atoms with Crippen LogP contribution in [0.4, 0.5) is 0 Å². The fourth-order valence-corrected chi connectivity index (χ4v) is 4.41. The third kappa shape index (κ3) is 3.82. The standard InChI is InChI=1S/C12H21BrN2O4S/c1-4-9(2)15(5-6-18-3)20(16,17)11-7-10(8-14)19-12(11)13/h7,9H,4-6,8,14H2,1-3H3. The van der Waals surface area contributed by atoms with Gasteiger partial charge in [0.1, 0.15) is 10.7 Å². The molecule has 0 aliphatic carbocycles. The van der Waals surface area contributed by atoms with E-state index in [9.17, 15) is 8.42 Å². The van der Waals surface area contributed by atoms with Gasteiger partial charge in [-0.1, -0.05) is 6.92 Å². The zero-order valence-corrected chi connectivity index (χ0v) is 14.3. The zero-order valence-electron chi connectivity index (χ0n) is 11.9. The van der Waals surface area contributed by atoms with Gasteiger partial charge in [-0.25, -0.2) is 8.42 Å². The first-order chi connectivity index (χ1) is 9.38. The van der Waals surface area contributed by atoms with Crippen molar-refractivity contribution in [2.45, 2.75) is 37.8 Å². The Balaban J connectivity index is 3.17. The molecule has 0 saturated heterocycles. The fraction of sp³-hybridized carbons (Fsp3) is 0.667. The Morgan fingerprint density at radius 3 is 2.65 bits per heavy atom. The lowest BCUT2D eigenvalue weighted by molar-refractivity contribution is 0.167. The number of nitrogens with zero attached hydrogens (tertiary/aromatic N) is 1. The third-order valence-electron chi connectivity index (χ3n) is 3.09. The van der Waals surface area contributed by atoms with Crippen molar-refractivity contribution in [3.05, 3.63) is 16.5 Å². The predicted molar refractivity (Wildman–Crippen MR) is 79.8 cm³/mol. The molecule has 0 aliphatic rings. The van der Waals surface area contributed by atoms with Crippen LogP contribution in [-0.2, 0) is 21.3 Å². The van der Waals surface area contributed by atoms with Gasteiger partial charge >= 0.3 is 0 Å². The average Bonchev–Trinajstić information content (AvgIpc) is 2.80. The molecule has 0 spiro atoms. The van der Waals surface area contributed by atoms with Crippen LogP contribution in [0.1, 0.15) is 26.0 Å². The average molecular weight is 369 g/mol. The minimum absolute atomic E-state index is 0.106. The molecule has 0 radical (unpaired) electrons.